The lowest BCUT2D eigenvalue weighted by Gasteiger charge is -2.08. The van der Waals surface area contributed by atoms with E-state index >= 15 is 0 Å². The van der Waals surface area contributed by atoms with Crippen molar-refractivity contribution >= 4 is 5.78 Å². The molecule has 0 spiro atoms. The Kier molecular flexibility index (Phi) is 8.76. The summed E-state index contributed by atoms with van der Waals surface area (Å²) in [5, 5.41) is 0. The van der Waals surface area contributed by atoms with Crippen LogP contribution in [-0.2, 0) is 14.3 Å². The third-order valence-electron chi connectivity index (χ3n) is 2.63. The SMILES string of the molecule is CCCCCC/C(=C\C(=C/C(=O)C(F)(F)F)OC)OC. The van der Waals surface area contributed by atoms with Crippen LogP contribution < -0.4 is 0 Å². The topological polar surface area (TPSA) is 35.5 Å². The Morgan fingerprint density at radius 3 is 2.15 bits per heavy atom. The van der Waals surface area contributed by atoms with Crippen LogP contribution in [0.15, 0.2) is 23.7 Å². The highest BCUT2D eigenvalue weighted by molar-refractivity contribution is 5.95. The first-order valence-corrected chi connectivity index (χ1v) is 6.46. The molecule has 0 aliphatic rings. The van der Waals surface area contributed by atoms with E-state index in [1.807, 2.05) is 0 Å². The Morgan fingerprint density at radius 2 is 1.70 bits per heavy atom. The quantitative estimate of drug-likeness (QED) is 0.277. The van der Waals surface area contributed by atoms with Crippen molar-refractivity contribution in [3.8, 4) is 0 Å². The van der Waals surface area contributed by atoms with Crippen molar-refractivity contribution in [1.82, 2.24) is 0 Å². The zero-order chi connectivity index (χ0) is 15.6. The molecule has 0 saturated carbocycles. The second kappa shape index (κ2) is 9.44. The summed E-state index contributed by atoms with van der Waals surface area (Å²) in [5.74, 6) is -1.63. The molecule has 0 bridgehead atoms. The standard InChI is InChI=1S/C14H21F3O3/c1-4-5-6-7-8-11(19-2)9-12(20-3)10-13(18)14(15,16)17/h9-10H,4-8H2,1-3H3/b11-9+,12-10+. The molecular weight excluding hydrogens is 273 g/mol. The van der Waals surface area contributed by atoms with Crippen molar-refractivity contribution in [2.24, 2.45) is 0 Å². The van der Waals surface area contributed by atoms with Crippen molar-refractivity contribution in [3.05, 3.63) is 23.7 Å². The fourth-order valence-corrected chi connectivity index (χ4v) is 1.49. The molecule has 0 heterocycles. The number of alkyl halides is 3. The zero-order valence-corrected chi connectivity index (χ0v) is 12.0. The molecule has 0 radical (unpaired) electrons. The first-order valence-electron chi connectivity index (χ1n) is 6.46. The van der Waals surface area contributed by atoms with Gasteiger partial charge in [-0.1, -0.05) is 26.2 Å². The first kappa shape index (κ1) is 18.5. The predicted molar refractivity (Wildman–Crippen MR) is 70.0 cm³/mol. The van der Waals surface area contributed by atoms with Gasteiger partial charge in [0.25, 0.3) is 5.78 Å². The molecule has 20 heavy (non-hydrogen) atoms. The number of carbonyl (C=O) groups is 1. The van der Waals surface area contributed by atoms with E-state index in [0.29, 0.717) is 18.3 Å². The fraction of sp³-hybridized carbons (Fsp3) is 0.643. The van der Waals surface area contributed by atoms with Crippen LogP contribution >= 0.6 is 0 Å². The number of methoxy groups -OCH3 is 2. The van der Waals surface area contributed by atoms with Gasteiger partial charge in [-0.05, 0) is 6.42 Å². The van der Waals surface area contributed by atoms with Crippen LogP contribution in [0, 0.1) is 0 Å². The molecule has 0 amide bonds. The van der Waals surface area contributed by atoms with Gasteiger partial charge < -0.3 is 9.47 Å². The highest BCUT2D eigenvalue weighted by atomic mass is 19.4. The van der Waals surface area contributed by atoms with Crippen LogP contribution in [0.5, 0.6) is 0 Å². The third-order valence-corrected chi connectivity index (χ3v) is 2.63. The van der Waals surface area contributed by atoms with Crippen LogP contribution in [0.25, 0.3) is 0 Å². The van der Waals surface area contributed by atoms with Gasteiger partial charge in [0.05, 0.1) is 20.0 Å². The van der Waals surface area contributed by atoms with E-state index < -0.39 is 12.0 Å². The fourth-order valence-electron chi connectivity index (χ4n) is 1.49. The molecule has 0 fully saturated rings. The largest absolute Gasteiger partial charge is 0.501 e. The third kappa shape index (κ3) is 7.86. The van der Waals surface area contributed by atoms with Gasteiger partial charge in [0.1, 0.15) is 5.76 Å². The maximum absolute atomic E-state index is 12.2. The summed E-state index contributed by atoms with van der Waals surface area (Å²) in [5.41, 5.74) is 0. The number of ether oxygens (including phenoxy) is 2. The van der Waals surface area contributed by atoms with Gasteiger partial charge in [0.15, 0.2) is 0 Å². The average molecular weight is 294 g/mol. The number of hydrogen-bond donors (Lipinski definition) is 0. The Labute approximate surface area is 117 Å². The first-order chi connectivity index (χ1) is 9.35. The molecule has 0 aromatic heterocycles. The molecule has 116 valence electrons. The van der Waals surface area contributed by atoms with Crippen molar-refractivity contribution in [3.63, 3.8) is 0 Å². The molecule has 0 aliphatic carbocycles. The Bertz CT molecular complexity index is 357. The number of allylic oxidation sites excluding steroid dienone is 3. The van der Waals surface area contributed by atoms with Gasteiger partial charge in [-0.15, -0.1) is 0 Å². The molecule has 0 rings (SSSR count). The molecule has 0 saturated heterocycles. The lowest BCUT2D eigenvalue weighted by molar-refractivity contribution is -0.165. The lowest BCUT2D eigenvalue weighted by atomic mass is 10.1. The summed E-state index contributed by atoms with van der Waals surface area (Å²) in [6.45, 7) is 2.08. The molecule has 0 aromatic carbocycles. The van der Waals surface area contributed by atoms with Gasteiger partial charge in [-0.2, -0.15) is 13.2 Å². The van der Waals surface area contributed by atoms with E-state index in [1.165, 1.54) is 20.3 Å². The minimum absolute atomic E-state index is 0.167. The minimum atomic E-state index is -4.90. The summed E-state index contributed by atoms with van der Waals surface area (Å²) in [7, 11) is 2.64. The normalized spacial score (nSPS) is 13.3. The molecule has 3 nitrogen and oxygen atoms in total. The molecule has 6 heteroatoms. The highest BCUT2D eigenvalue weighted by Gasteiger charge is 2.36. The lowest BCUT2D eigenvalue weighted by Crippen LogP contribution is -2.20. The van der Waals surface area contributed by atoms with E-state index in [2.05, 4.69) is 6.92 Å². The Hall–Kier alpha value is -1.46. The summed E-state index contributed by atoms with van der Waals surface area (Å²) in [6, 6.07) is 0. The molecule has 0 aliphatic heterocycles. The maximum Gasteiger partial charge on any atom is 0.454 e. The van der Waals surface area contributed by atoms with Crippen LogP contribution in [-0.4, -0.2) is 26.2 Å². The molecule has 0 unspecified atom stereocenters. The summed E-state index contributed by atoms with van der Waals surface area (Å²) in [4.78, 5) is 10.9. The molecule has 0 atom stereocenters. The predicted octanol–water partition coefficient (Wildman–Crippen LogP) is 4.15. The van der Waals surface area contributed by atoms with E-state index in [-0.39, 0.29) is 5.76 Å². The van der Waals surface area contributed by atoms with E-state index in [9.17, 15) is 18.0 Å². The number of carbonyl (C=O) groups excluding carboxylic acids is 1. The van der Waals surface area contributed by atoms with Gasteiger partial charge in [-0.3, -0.25) is 4.79 Å². The highest BCUT2D eigenvalue weighted by Crippen LogP contribution is 2.19. The van der Waals surface area contributed by atoms with Crippen LogP contribution in [0.4, 0.5) is 13.2 Å². The molecule has 0 aromatic rings. The van der Waals surface area contributed by atoms with Gasteiger partial charge in [-0.25, -0.2) is 0 Å². The van der Waals surface area contributed by atoms with E-state index in [0.717, 1.165) is 25.7 Å². The van der Waals surface area contributed by atoms with Gasteiger partial charge in [0.2, 0.25) is 0 Å². The zero-order valence-electron chi connectivity index (χ0n) is 12.0. The number of rotatable bonds is 9. The number of unbranched alkanes of at least 4 members (excludes halogenated alkanes) is 3. The van der Waals surface area contributed by atoms with Crippen LogP contribution in [0.1, 0.15) is 39.0 Å². The summed E-state index contributed by atoms with van der Waals surface area (Å²) < 4.78 is 46.3. The minimum Gasteiger partial charge on any atom is -0.501 e. The summed E-state index contributed by atoms with van der Waals surface area (Å²) in [6.07, 6.45) is 1.51. The summed E-state index contributed by atoms with van der Waals surface area (Å²) >= 11 is 0. The second-order valence-electron chi connectivity index (χ2n) is 4.24. The Morgan fingerprint density at radius 1 is 1.05 bits per heavy atom. The van der Waals surface area contributed by atoms with Crippen molar-refractivity contribution < 1.29 is 27.4 Å². The van der Waals surface area contributed by atoms with Crippen molar-refractivity contribution in [2.45, 2.75) is 45.2 Å². The second-order valence-corrected chi connectivity index (χ2v) is 4.24. The van der Waals surface area contributed by atoms with Gasteiger partial charge in [0, 0.05) is 18.6 Å². The van der Waals surface area contributed by atoms with Crippen molar-refractivity contribution in [2.75, 3.05) is 14.2 Å². The average Bonchev–Trinajstić information content (AvgIpc) is 2.39. The number of halogens is 3. The van der Waals surface area contributed by atoms with Gasteiger partial charge >= 0.3 is 6.18 Å². The smallest absolute Gasteiger partial charge is 0.454 e. The monoisotopic (exact) mass is 294 g/mol. The van der Waals surface area contributed by atoms with Crippen LogP contribution in [0.3, 0.4) is 0 Å². The molecule has 0 N–H and O–H groups in total. The number of ketones is 1. The maximum atomic E-state index is 12.2. The van der Waals surface area contributed by atoms with E-state index in [1.54, 1.807) is 0 Å². The number of hydrogen-bond acceptors (Lipinski definition) is 3. The van der Waals surface area contributed by atoms with E-state index in [4.69, 9.17) is 9.47 Å². The van der Waals surface area contributed by atoms with Crippen molar-refractivity contribution in [1.29, 1.82) is 0 Å². The molecular formula is C14H21F3O3. The Balaban J connectivity index is 4.73. The van der Waals surface area contributed by atoms with Crippen LogP contribution in [0.2, 0.25) is 0 Å².